The SMILES string of the molecule is CCC1OCCC1C(NC)c1cccc(C)c1C. The van der Waals surface area contributed by atoms with Gasteiger partial charge < -0.3 is 10.1 Å². The van der Waals surface area contributed by atoms with Crippen molar-refractivity contribution in [2.24, 2.45) is 5.92 Å². The predicted molar refractivity (Wildman–Crippen MR) is 75.9 cm³/mol. The smallest absolute Gasteiger partial charge is 0.0619 e. The molecular weight excluding hydrogens is 222 g/mol. The summed E-state index contributed by atoms with van der Waals surface area (Å²) in [6.07, 6.45) is 2.67. The summed E-state index contributed by atoms with van der Waals surface area (Å²) in [5.41, 5.74) is 4.23. The molecule has 1 aliphatic rings. The third-order valence-electron chi connectivity index (χ3n) is 4.38. The summed E-state index contributed by atoms with van der Waals surface area (Å²) in [5, 5.41) is 3.51. The first-order valence-electron chi connectivity index (χ1n) is 7.04. The van der Waals surface area contributed by atoms with E-state index in [4.69, 9.17) is 4.74 Å². The van der Waals surface area contributed by atoms with E-state index in [2.05, 4.69) is 51.3 Å². The first-order chi connectivity index (χ1) is 8.69. The molecule has 100 valence electrons. The molecule has 1 aromatic carbocycles. The number of hydrogen-bond acceptors (Lipinski definition) is 2. The van der Waals surface area contributed by atoms with Crippen molar-refractivity contribution in [3.05, 3.63) is 34.9 Å². The van der Waals surface area contributed by atoms with E-state index in [1.54, 1.807) is 0 Å². The summed E-state index contributed by atoms with van der Waals surface area (Å²) < 4.78 is 5.85. The lowest BCUT2D eigenvalue weighted by atomic mass is 9.84. The Hall–Kier alpha value is -0.860. The van der Waals surface area contributed by atoms with Gasteiger partial charge >= 0.3 is 0 Å². The highest BCUT2D eigenvalue weighted by Crippen LogP contribution is 2.36. The van der Waals surface area contributed by atoms with Crippen LogP contribution in [0.5, 0.6) is 0 Å². The third kappa shape index (κ3) is 2.45. The van der Waals surface area contributed by atoms with E-state index in [1.807, 2.05) is 0 Å². The van der Waals surface area contributed by atoms with Crippen molar-refractivity contribution in [2.45, 2.75) is 45.8 Å². The Balaban J connectivity index is 2.30. The molecule has 0 aliphatic carbocycles. The van der Waals surface area contributed by atoms with Gasteiger partial charge in [-0.1, -0.05) is 25.1 Å². The second kappa shape index (κ2) is 5.85. The zero-order valence-corrected chi connectivity index (χ0v) is 12.0. The van der Waals surface area contributed by atoms with Crippen LogP contribution < -0.4 is 5.32 Å². The third-order valence-corrected chi connectivity index (χ3v) is 4.38. The van der Waals surface area contributed by atoms with Crippen LogP contribution in [0.15, 0.2) is 18.2 Å². The number of hydrogen-bond donors (Lipinski definition) is 1. The van der Waals surface area contributed by atoms with E-state index < -0.39 is 0 Å². The molecule has 0 amide bonds. The minimum absolute atomic E-state index is 0.405. The molecule has 0 radical (unpaired) electrons. The second-order valence-corrected chi connectivity index (χ2v) is 5.33. The van der Waals surface area contributed by atoms with Crippen molar-refractivity contribution >= 4 is 0 Å². The Morgan fingerprint density at radius 1 is 1.39 bits per heavy atom. The fourth-order valence-corrected chi connectivity index (χ4v) is 3.18. The highest BCUT2D eigenvalue weighted by molar-refractivity contribution is 5.36. The van der Waals surface area contributed by atoms with E-state index in [0.717, 1.165) is 19.4 Å². The number of nitrogens with one attached hydrogen (secondary N) is 1. The predicted octanol–water partition coefficient (Wildman–Crippen LogP) is 3.38. The summed E-state index contributed by atoms with van der Waals surface area (Å²) in [6, 6.07) is 7.03. The Morgan fingerprint density at radius 3 is 2.83 bits per heavy atom. The van der Waals surface area contributed by atoms with Crippen molar-refractivity contribution < 1.29 is 4.74 Å². The largest absolute Gasteiger partial charge is 0.378 e. The molecule has 3 atom stereocenters. The van der Waals surface area contributed by atoms with Crippen LogP contribution in [0.25, 0.3) is 0 Å². The van der Waals surface area contributed by atoms with Crippen molar-refractivity contribution in [2.75, 3.05) is 13.7 Å². The van der Waals surface area contributed by atoms with E-state index in [-0.39, 0.29) is 0 Å². The van der Waals surface area contributed by atoms with Crippen molar-refractivity contribution in [1.29, 1.82) is 0 Å². The summed E-state index contributed by atoms with van der Waals surface area (Å²) in [4.78, 5) is 0. The van der Waals surface area contributed by atoms with Gasteiger partial charge in [-0.05, 0) is 50.4 Å². The van der Waals surface area contributed by atoms with Crippen LogP contribution >= 0.6 is 0 Å². The summed E-state index contributed by atoms with van der Waals surface area (Å²) in [5.74, 6) is 0.598. The fourth-order valence-electron chi connectivity index (χ4n) is 3.18. The van der Waals surface area contributed by atoms with Gasteiger partial charge in [0.15, 0.2) is 0 Å². The average Bonchev–Trinajstić information content (AvgIpc) is 2.83. The van der Waals surface area contributed by atoms with Crippen LogP contribution in [0, 0.1) is 19.8 Å². The Bertz CT molecular complexity index is 402. The van der Waals surface area contributed by atoms with Gasteiger partial charge in [0.1, 0.15) is 0 Å². The average molecular weight is 247 g/mol. The molecule has 2 rings (SSSR count). The molecule has 1 N–H and O–H groups in total. The Kier molecular flexibility index (Phi) is 4.41. The maximum Gasteiger partial charge on any atom is 0.0619 e. The molecule has 0 bridgehead atoms. The zero-order valence-electron chi connectivity index (χ0n) is 12.0. The second-order valence-electron chi connectivity index (χ2n) is 5.33. The van der Waals surface area contributed by atoms with Gasteiger partial charge in [-0.3, -0.25) is 0 Å². The van der Waals surface area contributed by atoms with Crippen molar-refractivity contribution in [3.63, 3.8) is 0 Å². The quantitative estimate of drug-likeness (QED) is 0.880. The molecule has 0 aromatic heterocycles. The van der Waals surface area contributed by atoms with E-state index in [9.17, 15) is 0 Å². The van der Waals surface area contributed by atoms with Gasteiger partial charge in [-0.15, -0.1) is 0 Å². The minimum atomic E-state index is 0.405. The lowest BCUT2D eigenvalue weighted by molar-refractivity contribution is 0.0782. The molecule has 3 unspecified atom stereocenters. The van der Waals surface area contributed by atoms with E-state index in [1.165, 1.54) is 16.7 Å². The van der Waals surface area contributed by atoms with Crippen molar-refractivity contribution in [1.82, 2.24) is 5.32 Å². The molecule has 0 saturated carbocycles. The first kappa shape index (κ1) is 13.6. The van der Waals surface area contributed by atoms with Gasteiger partial charge in [0.25, 0.3) is 0 Å². The van der Waals surface area contributed by atoms with Gasteiger partial charge in [0, 0.05) is 18.6 Å². The van der Waals surface area contributed by atoms with Gasteiger partial charge in [-0.25, -0.2) is 0 Å². The standard InChI is InChI=1S/C16H25NO/c1-5-15-14(9-10-18-15)16(17-4)13-8-6-7-11(2)12(13)3/h6-8,14-17H,5,9-10H2,1-4H3. The summed E-state index contributed by atoms with van der Waals surface area (Å²) in [6.45, 7) is 7.55. The maximum atomic E-state index is 5.85. The number of aryl methyl sites for hydroxylation is 1. The molecule has 1 heterocycles. The monoisotopic (exact) mass is 247 g/mol. The number of rotatable bonds is 4. The highest BCUT2D eigenvalue weighted by atomic mass is 16.5. The summed E-state index contributed by atoms with van der Waals surface area (Å²) in [7, 11) is 2.07. The first-order valence-corrected chi connectivity index (χ1v) is 7.04. The van der Waals surface area contributed by atoms with Crippen LogP contribution in [0.1, 0.15) is 42.5 Å². The lowest BCUT2D eigenvalue weighted by Gasteiger charge is -2.29. The van der Waals surface area contributed by atoms with Gasteiger partial charge in [0.2, 0.25) is 0 Å². The maximum absolute atomic E-state index is 5.85. The molecule has 2 nitrogen and oxygen atoms in total. The highest BCUT2D eigenvalue weighted by Gasteiger charge is 2.34. The molecule has 1 fully saturated rings. The molecular formula is C16H25NO. The van der Waals surface area contributed by atoms with Crippen LogP contribution in [0.3, 0.4) is 0 Å². The van der Waals surface area contributed by atoms with Crippen LogP contribution in [-0.2, 0) is 4.74 Å². The van der Waals surface area contributed by atoms with Crippen LogP contribution in [0.2, 0.25) is 0 Å². The molecule has 1 saturated heterocycles. The normalized spacial score (nSPS) is 25.3. The fraction of sp³-hybridized carbons (Fsp3) is 0.625. The van der Waals surface area contributed by atoms with Crippen LogP contribution in [-0.4, -0.2) is 19.8 Å². The molecule has 1 aliphatic heterocycles. The van der Waals surface area contributed by atoms with Gasteiger partial charge in [-0.2, -0.15) is 0 Å². The van der Waals surface area contributed by atoms with Crippen molar-refractivity contribution in [3.8, 4) is 0 Å². The number of ether oxygens (including phenoxy) is 1. The van der Waals surface area contributed by atoms with E-state index >= 15 is 0 Å². The topological polar surface area (TPSA) is 21.3 Å². The molecule has 0 spiro atoms. The molecule has 2 heteroatoms. The van der Waals surface area contributed by atoms with Crippen LogP contribution in [0.4, 0.5) is 0 Å². The summed E-state index contributed by atoms with van der Waals surface area (Å²) >= 11 is 0. The molecule has 1 aromatic rings. The van der Waals surface area contributed by atoms with E-state index in [0.29, 0.717) is 18.1 Å². The zero-order chi connectivity index (χ0) is 13.1. The van der Waals surface area contributed by atoms with Gasteiger partial charge in [0.05, 0.1) is 6.10 Å². The number of benzene rings is 1. The lowest BCUT2D eigenvalue weighted by Crippen LogP contribution is -2.31. The molecule has 18 heavy (non-hydrogen) atoms. The Morgan fingerprint density at radius 2 is 2.17 bits per heavy atom. The Labute approximate surface area is 111 Å². The minimum Gasteiger partial charge on any atom is -0.378 e.